The fourth-order valence-corrected chi connectivity index (χ4v) is 3.93. The van der Waals surface area contributed by atoms with Gasteiger partial charge in [0.25, 0.3) is 0 Å². The maximum Gasteiger partial charge on any atom is 0.336 e. The van der Waals surface area contributed by atoms with E-state index in [0.717, 1.165) is 23.2 Å². The van der Waals surface area contributed by atoms with Gasteiger partial charge in [-0.1, -0.05) is 55.8 Å². The van der Waals surface area contributed by atoms with Crippen LogP contribution in [0.25, 0.3) is 0 Å². The molecule has 0 saturated heterocycles. The van der Waals surface area contributed by atoms with Crippen molar-refractivity contribution in [1.82, 2.24) is 4.90 Å². The lowest BCUT2D eigenvalue weighted by atomic mass is 9.82. The number of nitrogens with zero attached hydrogens (tertiary/aromatic N) is 2. The number of allylic oxidation sites excluding steroid dienone is 1. The summed E-state index contributed by atoms with van der Waals surface area (Å²) < 4.78 is 5.40. The Morgan fingerprint density at radius 1 is 1.17 bits per heavy atom. The van der Waals surface area contributed by atoms with Gasteiger partial charge in [0.2, 0.25) is 5.91 Å². The number of amides is 1. The average Bonchev–Trinajstić information content (AvgIpc) is 2.77. The van der Waals surface area contributed by atoms with E-state index in [0.29, 0.717) is 24.1 Å². The molecule has 0 N–H and O–H groups in total. The minimum Gasteiger partial charge on any atom is -0.463 e. The van der Waals surface area contributed by atoms with Crippen LogP contribution in [0.5, 0.6) is 0 Å². The SMILES string of the molecule is CCCC1=C(C(=O)OCC)[C@@H](c2ccccc2)CC(=O)N1Cc1cccc(C#N)c1. The molecule has 0 aliphatic carbocycles. The maximum atomic E-state index is 13.2. The quantitative estimate of drug-likeness (QED) is 0.630. The van der Waals surface area contributed by atoms with Gasteiger partial charge in [-0.3, -0.25) is 4.79 Å². The predicted molar refractivity (Wildman–Crippen MR) is 114 cm³/mol. The summed E-state index contributed by atoms with van der Waals surface area (Å²) in [7, 11) is 0. The molecule has 5 nitrogen and oxygen atoms in total. The maximum absolute atomic E-state index is 13.2. The molecule has 1 atom stereocenters. The largest absolute Gasteiger partial charge is 0.463 e. The van der Waals surface area contributed by atoms with Crippen LogP contribution >= 0.6 is 0 Å². The number of rotatable bonds is 7. The minimum absolute atomic E-state index is 0.0253. The fourth-order valence-electron chi connectivity index (χ4n) is 3.93. The number of ether oxygens (including phenoxy) is 1. The van der Waals surface area contributed by atoms with Crippen molar-refractivity contribution in [2.45, 2.75) is 45.6 Å². The molecule has 1 aliphatic rings. The van der Waals surface area contributed by atoms with E-state index in [-0.39, 0.29) is 30.8 Å². The van der Waals surface area contributed by atoms with E-state index in [9.17, 15) is 14.9 Å². The van der Waals surface area contributed by atoms with Crippen molar-refractivity contribution in [3.05, 3.63) is 82.6 Å². The van der Waals surface area contributed by atoms with E-state index in [1.807, 2.05) is 49.4 Å². The summed E-state index contributed by atoms with van der Waals surface area (Å²) in [6.07, 6.45) is 1.60. The van der Waals surface area contributed by atoms with Crippen LogP contribution < -0.4 is 0 Å². The summed E-state index contributed by atoms with van der Waals surface area (Å²) in [6, 6.07) is 19.0. The van der Waals surface area contributed by atoms with E-state index in [1.54, 1.807) is 24.0 Å². The third-order valence-electron chi connectivity index (χ3n) is 5.25. The number of hydrogen-bond donors (Lipinski definition) is 0. The van der Waals surface area contributed by atoms with Gasteiger partial charge < -0.3 is 9.64 Å². The summed E-state index contributed by atoms with van der Waals surface area (Å²) in [6.45, 7) is 4.42. The third kappa shape index (κ3) is 4.60. The molecule has 0 radical (unpaired) electrons. The van der Waals surface area contributed by atoms with Gasteiger partial charge in [0.15, 0.2) is 0 Å². The van der Waals surface area contributed by atoms with Crippen LogP contribution in [0.4, 0.5) is 0 Å². The lowest BCUT2D eigenvalue weighted by Gasteiger charge is -2.36. The van der Waals surface area contributed by atoms with E-state index in [2.05, 4.69) is 6.07 Å². The van der Waals surface area contributed by atoms with Crippen molar-refractivity contribution in [2.24, 2.45) is 0 Å². The summed E-state index contributed by atoms with van der Waals surface area (Å²) in [5.41, 5.74) is 3.64. The summed E-state index contributed by atoms with van der Waals surface area (Å²) >= 11 is 0. The van der Waals surface area contributed by atoms with Crippen molar-refractivity contribution in [2.75, 3.05) is 6.61 Å². The Morgan fingerprint density at radius 2 is 1.93 bits per heavy atom. The van der Waals surface area contributed by atoms with Crippen molar-refractivity contribution < 1.29 is 14.3 Å². The lowest BCUT2D eigenvalue weighted by molar-refractivity contribution is -0.140. The van der Waals surface area contributed by atoms with Gasteiger partial charge >= 0.3 is 5.97 Å². The monoisotopic (exact) mass is 402 g/mol. The average molecular weight is 402 g/mol. The van der Waals surface area contributed by atoms with E-state index < -0.39 is 0 Å². The standard InChI is InChI=1S/C25H26N2O3/c1-3-9-22-24(25(29)30-4-2)21(20-12-6-5-7-13-20)15-23(28)27(22)17-19-11-8-10-18(14-19)16-26/h5-8,10-14,21H,3-4,9,15,17H2,1-2H3/t21-/m1/s1. The molecule has 0 unspecified atom stereocenters. The number of esters is 1. The highest BCUT2D eigenvalue weighted by molar-refractivity contribution is 5.96. The first-order valence-corrected chi connectivity index (χ1v) is 10.3. The Bertz CT molecular complexity index is 989. The molecule has 1 aliphatic heterocycles. The van der Waals surface area contributed by atoms with Crippen LogP contribution in [0.2, 0.25) is 0 Å². The number of nitriles is 1. The molecule has 1 amide bonds. The van der Waals surface area contributed by atoms with Crippen LogP contribution in [-0.4, -0.2) is 23.4 Å². The normalized spacial score (nSPS) is 16.4. The summed E-state index contributed by atoms with van der Waals surface area (Å²) in [5.74, 6) is -0.707. The smallest absolute Gasteiger partial charge is 0.336 e. The van der Waals surface area contributed by atoms with Crippen molar-refractivity contribution >= 4 is 11.9 Å². The Hall–Kier alpha value is -3.39. The first-order chi connectivity index (χ1) is 14.6. The molecule has 30 heavy (non-hydrogen) atoms. The second kappa shape index (κ2) is 9.89. The van der Waals surface area contributed by atoms with E-state index in [1.165, 1.54) is 0 Å². The molecule has 3 rings (SSSR count). The van der Waals surface area contributed by atoms with Crippen molar-refractivity contribution in [3.63, 3.8) is 0 Å². The highest BCUT2D eigenvalue weighted by Gasteiger charge is 2.38. The van der Waals surface area contributed by atoms with Crippen LogP contribution in [0.15, 0.2) is 65.9 Å². The van der Waals surface area contributed by atoms with Gasteiger partial charge in [0.1, 0.15) is 0 Å². The molecule has 5 heteroatoms. The highest BCUT2D eigenvalue weighted by atomic mass is 16.5. The predicted octanol–water partition coefficient (Wildman–Crippen LogP) is 4.69. The van der Waals surface area contributed by atoms with E-state index in [4.69, 9.17) is 4.74 Å². The van der Waals surface area contributed by atoms with Gasteiger partial charge in [0.05, 0.1) is 30.4 Å². The topological polar surface area (TPSA) is 70.4 Å². The Balaban J connectivity index is 2.09. The molecule has 0 fully saturated rings. The summed E-state index contributed by atoms with van der Waals surface area (Å²) in [5, 5.41) is 9.19. The third-order valence-corrected chi connectivity index (χ3v) is 5.25. The zero-order chi connectivity index (χ0) is 21.5. The zero-order valence-corrected chi connectivity index (χ0v) is 17.4. The lowest BCUT2D eigenvalue weighted by Crippen LogP contribution is -2.39. The van der Waals surface area contributed by atoms with Crippen LogP contribution in [0.1, 0.15) is 55.7 Å². The van der Waals surface area contributed by atoms with Gasteiger partial charge in [-0.2, -0.15) is 5.26 Å². The molecular formula is C25H26N2O3. The molecule has 2 aromatic carbocycles. The number of carbonyl (C=O) groups is 2. The Kier molecular flexibility index (Phi) is 7.03. The van der Waals surface area contributed by atoms with E-state index >= 15 is 0 Å². The van der Waals surface area contributed by atoms with Gasteiger partial charge in [0, 0.05) is 18.0 Å². The van der Waals surface area contributed by atoms with Crippen LogP contribution in [0, 0.1) is 11.3 Å². The number of carbonyl (C=O) groups excluding carboxylic acids is 2. The molecule has 0 aromatic heterocycles. The molecule has 2 aromatic rings. The highest BCUT2D eigenvalue weighted by Crippen LogP contribution is 2.39. The van der Waals surface area contributed by atoms with Crippen molar-refractivity contribution in [1.29, 1.82) is 5.26 Å². The van der Waals surface area contributed by atoms with Crippen LogP contribution in [-0.2, 0) is 20.9 Å². The molecule has 0 spiro atoms. The first-order valence-electron chi connectivity index (χ1n) is 10.3. The Morgan fingerprint density at radius 3 is 2.60 bits per heavy atom. The fraction of sp³-hybridized carbons (Fsp3) is 0.320. The number of benzene rings is 2. The second-order valence-electron chi connectivity index (χ2n) is 7.29. The zero-order valence-electron chi connectivity index (χ0n) is 17.4. The van der Waals surface area contributed by atoms with Crippen LogP contribution in [0.3, 0.4) is 0 Å². The molecule has 154 valence electrons. The number of hydrogen-bond acceptors (Lipinski definition) is 4. The summed E-state index contributed by atoms with van der Waals surface area (Å²) in [4.78, 5) is 27.9. The van der Waals surface area contributed by atoms with Crippen molar-refractivity contribution in [3.8, 4) is 6.07 Å². The van der Waals surface area contributed by atoms with Gasteiger partial charge in [-0.25, -0.2) is 4.79 Å². The molecule has 0 bridgehead atoms. The second-order valence-corrected chi connectivity index (χ2v) is 7.29. The Labute approximate surface area is 177 Å². The van der Waals surface area contributed by atoms with Gasteiger partial charge in [-0.05, 0) is 36.6 Å². The van der Waals surface area contributed by atoms with Gasteiger partial charge in [-0.15, -0.1) is 0 Å². The molecular weight excluding hydrogens is 376 g/mol. The first kappa shape index (κ1) is 21.3. The molecule has 0 saturated carbocycles. The molecule has 1 heterocycles. The minimum atomic E-state index is -0.363.